The lowest BCUT2D eigenvalue weighted by Crippen LogP contribution is -2.16. The number of amides is 1. The van der Waals surface area contributed by atoms with E-state index in [1.165, 1.54) is 18.2 Å². The summed E-state index contributed by atoms with van der Waals surface area (Å²) in [5.41, 5.74) is 0.630. The smallest absolute Gasteiger partial charge is 0.338 e. The van der Waals surface area contributed by atoms with E-state index in [0.717, 1.165) is 0 Å². The largest absolute Gasteiger partial charge is 0.478 e. The van der Waals surface area contributed by atoms with Crippen LogP contribution in [-0.4, -0.2) is 29.6 Å². The number of anilines is 1. The third-order valence-corrected chi connectivity index (χ3v) is 3.03. The topological polar surface area (TPSA) is 92.7 Å². The highest BCUT2D eigenvalue weighted by Crippen LogP contribution is 2.15. The number of benzene rings is 2. The van der Waals surface area contributed by atoms with Crippen molar-refractivity contribution in [1.82, 2.24) is 0 Å². The van der Waals surface area contributed by atoms with Gasteiger partial charge in [-0.25, -0.2) is 9.59 Å². The highest BCUT2D eigenvalue weighted by Gasteiger charge is 2.16. The first kappa shape index (κ1) is 16.2. The van der Waals surface area contributed by atoms with E-state index < -0.39 is 17.8 Å². The van der Waals surface area contributed by atoms with Crippen molar-refractivity contribution in [3.63, 3.8) is 0 Å². The first-order valence-corrected chi connectivity index (χ1v) is 6.93. The van der Waals surface area contributed by atoms with Crippen molar-refractivity contribution >= 4 is 23.5 Å². The monoisotopic (exact) mass is 313 g/mol. The Balaban J connectivity index is 2.23. The number of nitrogens with one attached hydrogen (secondary N) is 1. The van der Waals surface area contributed by atoms with Gasteiger partial charge in [-0.05, 0) is 37.3 Å². The fourth-order valence-electron chi connectivity index (χ4n) is 2.00. The number of carbonyl (C=O) groups excluding carboxylic acids is 2. The highest BCUT2D eigenvalue weighted by atomic mass is 16.5. The molecule has 0 fully saturated rings. The molecule has 0 bridgehead atoms. The highest BCUT2D eigenvalue weighted by molar-refractivity contribution is 6.10. The molecule has 0 saturated carbocycles. The summed E-state index contributed by atoms with van der Waals surface area (Å²) in [7, 11) is 0. The number of ether oxygens (including phenoxy) is 1. The van der Waals surface area contributed by atoms with E-state index in [9.17, 15) is 14.4 Å². The van der Waals surface area contributed by atoms with Crippen LogP contribution in [0.1, 0.15) is 38.0 Å². The van der Waals surface area contributed by atoms with Crippen molar-refractivity contribution in [2.75, 3.05) is 11.9 Å². The maximum Gasteiger partial charge on any atom is 0.338 e. The molecule has 118 valence electrons. The quantitative estimate of drug-likeness (QED) is 0.828. The minimum atomic E-state index is -1.18. The van der Waals surface area contributed by atoms with Gasteiger partial charge >= 0.3 is 11.9 Å². The van der Waals surface area contributed by atoms with Crippen LogP contribution in [0.15, 0.2) is 48.5 Å². The molecule has 2 rings (SSSR count). The lowest BCUT2D eigenvalue weighted by molar-refractivity contribution is 0.0525. The van der Waals surface area contributed by atoms with Crippen molar-refractivity contribution in [2.24, 2.45) is 0 Å². The average molecular weight is 313 g/mol. The van der Waals surface area contributed by atoms with Gasteiger partial charge in [0.1, 0.15) is 0 Å². The molecular formula is C17H15NO5. The van der Waals surface area contributed by atoms with Crippen molar-refractivity contribution in [3.8, 4) is 0 Å². The molecule has 1 amide bonds. The van der Waals surface area contributed by atoms with E-state index in [4.69, 9.17) is 9.84 Å². The minimum Gasteiger partial charge on any atom is -0.478 e. The number of carboxylic acids is 1. The maximum atomic E-state index is 12.3. The van der Waals surface area contributed by atoms with E-state index in [-0.39, 0.29) is 17.7 Å². The number of carboxylic acid groups (broad SMARTS) is 1. The Labute approximate surface area is 132 Å². The first-order valence-electron chi connectivity index (χ1n) is 6.93. The Morgan fingerprint density at radius 2 is 1.74 bits per heavy atom. The standard InChI is InChI=1S/C17H15NO5/c1-2-23-17(22)11-6-5-7-12(10-11)18-15(19)13-8-3-4-9-14(13)16(20)21/h3-10H,2H2,1H3,(H,18,19)(H,20,21). The molecule has 23 heavy (non-hydrogen) atoms. The van der Waals surface area contributed by atoms with Gasteiger partial charge in [0, 0.05) is 5.69 Å². The summed E-state index contributed by atoms with van der Waals surface area (Å²) in [5, 5.41) is 11.7. The van der Waals surface area contributed by atoms with Gasteiger partial charge in [-0.2, -0.15) is 0 Å². The second kappa shape index (κ2) is 7.22. The summed E-state index contributed by atoms with van der Waals surface area (Å²) >= 11 is 0. The molecule has 6 nitrogen and oxygen atoms in total. The summed E-state index contributed by atoms with van der Waals surface area (Å²) in [6, 6.07) is 12.1. The lowest BCUT2D eigenvalue weighted by Gasteiger charge is -2.09. The van der Waals surface area contributed by atoms with Crippen LogP contribution >= 0.6 is 0 Å². The third kappa shape index (κ3) is 3.94. The Morgan fingerprint density at radius 1 is 1.04 bits per heavy atom. The molecule has 0 aliphatic carbocycles. The number of aromatic carboxylic acids is 1. The van der Waals surface area contributed by atoms with E-state index in [1.54, 1.807) is 37.3 Å². The van der Waals surface area contributed by atoms with Gasteiger partial charge in [0.25, 0.3) is 5.91 Å². The van der Waals surface area contributed by atoms with Crippen LogP contribution in [0, 0.1) is 0 Å². The Kier molecular flexibility index (Phi) is 5.09. The number of rotatable bonds is 5. The summed E-state index contributed by atoms with van der Waals surface area (Å²) < 4.78 is 4.89. The Morgan fingerprint density at radius 3 is 2.39 bits per heavy atom. The molecule has 0 heterocycles. The summed E-state index contributed by atoms with van der Waals surface area (Å²) in [4.78, 5) is 35.1. The van der Waals surface area contributed by atoms with Gasteiger partial charge in [0.05, 0.1) is 23.3 Å². The number of hydrogen-bond acceptors (Lipinski definition) is 4. The summed E-state index contributed by atoms with van der Waals surface area (Å²) in [6.07, 6.45) is 0. The van der Waals surface area contributed by atoms with E-state index in [1.807, 2.05) is 0 Å². The zero-order valence-electron chi connectivity index (χ0n) is 12.4. The molecule has 6 heteroatoms. The van der Waals surface area contributed by atoms with Crippen LogP contribution in [0.3, 0.4) is 0 Å². The molecule has 2 aromatic rings. The fourth-order valence-corrected chi connectivity index (χ4v) is 2.00. The van der Waals surface area contributed by atoms with Crippen molar-refractivity contribution in [1.29, 1.82) is 0 Å². The van der Waals surface area contributed by atoms with Crippen LogP contribution in [0.4, 0.5) is 5.69 Å². The molecular weight excluding hydrogens is 298 g/mol. The first-order chi connectivity index (χ1) is 11.0. The van der Waals surface area contributed by atoms with Crippen LogP contribution in [0.2, 0.25) is 0 Å². The fraction of sp³-hybridized carbons (Fsp3) is 0.118. The van der Waals surface area contributed by atoms with Crippen molar-refractivity contribution in [2.45, 2.75) is 6.92 Å². The predicted octanol–water partition coefficient (Wildman–Crippen LogP) is 2.81. The van der Waals surface area contributed by atoms with Crippen LogP contribution in [0.5, 0.6) is 0 Å². The van der Waals surface area contributed by atoms with Crippen LogP contribution in [-0.2, 0) is 4.74 Å². The molecule has 0 unspecified atom stereocenters. The molecule has 0 radical (unpaired) electrons. The van der Waals surface area contributed by atoms with Gasteiger partial charge in [0.2, 0.25) is 0 Å². The van der Waals surface area contributed by atoms with E-state index in [2.05, 4.69) is 5.32 Å². The molecule has 0 atom stereocenters. The van der Waals surface area contributed by atoms with Gasteiger partial charge in [-0.3, -0.25) is 4.79 Å². The molecule has 0 aromatic heterocycles. The minimum absolute atomic E-state index is 0.0431. The van der Waals surface area contributed by atoms with Gasteiger partial charge in [-0.15, -0.1) is 0 Å². The van der Waals surface area contributed by atoms with Gasteiger partial charge in [-0.1, -0.05) is 18.2 Å². The molecule has 2 aromatic carbocycles. The molecule has 0 aliphatic rings. The third-order valence-electron chi connectivity index (χ3n) is 3.03. The molecule has 0 spiro atoms. The predicted molar refractivity (Wildman–Crippen MR) is 83.8 cm³/mol. The summed E-state index contributed by atoms with van der Waals surface area (Å²) in [5.74, 6) is -2.24. The zero-order chi connectivity index (χ0) is 16.8. The normalized spacial score (nSPS) is 9.96. The van der Waals surface area contributed by atoms with Crippen LogP contribution in [0.25, 0.3) is 0 Å². The van der Waals surface area contributed by atoms with Crippen LogP contribution < -0.4 is 5.32 Å². The molecule has 0 saturated heterocycles. The average Bonchev–Trinajstić information content (AvgIpc) is 2.55. The molecule has 2 N–H and O–H groups in total. The summed E-state index contributed by atoms with van der Waals surface area (Å²) in [6.45, 7) is 1.95. The second-order valence-electron chi connectivity index (χ2n) is 4.61. The van der Waals surface area contributed by atoms with Gasteiger partial charge in [0.15, 0.2) is 0 Å². The van der Waals surface area contributed by atoms with Crippen molar-refractivity contribution in [3.05, 3.63) is 65.2 Å². The van der Waals surface area contributed by atoms with Gasteiger partial charge < -0.3 is 15.2 Å². The number of hydrogen-bond donors (Lipinski definition) is 2. The van der Waals surface area contributed by atoms with E-state index >= 15 is 0 Å². The zero-order valence-corrected chi connectivity index (χ0v) is 12.4. The lowest BCUT2D eigenvalue weighted by atomic mass is 10.1. The Bertz CT molecular complexity index is 754. The Hall–Kier alpha value is -3.15. The SMILES string of the molecule is CCOC(=O)c1cccc(NC(=O)c2ccccc2C(=O)O)c1. The van der Waals surface area contributed by atoms with E-state index in [0.29, 0.717) is 11.3 Å². The molecule has 0 aliphatic heterocycles. The number of esters is 1. The van der Waals surface area contributed by atoms with Crippen molar-refractivity contribution < 1.29 is 24.2 Å². The maximum absolute atomic E-state index is 12.3. The second-order valence-corrected chi connectivity index (χ2v) is 4.61. The number of carbonyl (C=O) groups is 3.